The SMILES string of the molecule is CCONC(=O)c1c(Br)c2ccccc2n1C. The topological polar surface area (TPSA) is 43.3 Å². The molecule has 2 rings (SSSR count). The number of rotatable bonds is 3. The molecular weight excluding hydrogens is 284 g/mol. The molecule has 1 heterocycles. The van der Waals surface area contributed by atoms with E-state index in [0.717, 1.165) is 15.4 Å². The lowest BCUT2D eigenvalue weighted by molar-refractivity contribution is 0.0356. The quantitative estimate of drug-likeness (QED) is 0.885. The molecule has 17 heavy (non-hydrogen) atoms. The van der Waals surface area contributed by atoms with Crippen molar-refractivity contribution in [3.05, 3.63) is 34.4 Å². The summed E-state index contributed by atoms with van der Waals surface area (Å²) >= 11 is 3.46. The van der Waals surface area contributed by atoms with E-state index in [1.165, 1.54) is 0 Å². The van der Waals surface area contributed by atoms with E-state index in [0.29, 0.717) is 12.3 Å². The van der Waals surface area contributed by atoms with Crippen molar-refractivity contribution < 1.29 is 9.63 Å². The Labute approximate surface area is 108 Å². The second-order valence-corrected chi connectivity index (χ2v) is 4.40. The minimum Gasteiger partial charge on any atom is -0.339 e. The van der Waals surface area contributed by atoms with Gasteiger partial charge in [0.1, 0.15) is 5.69 Å². The lowest BCUT2D eigenvalue weighted by atomic mass is 10.2. The van der Waals surface area contributed by atoms with Crippen LogP contribution < -0.4 is 5.48 Å². The fourth-order valence-electron chi connectivity index (χ4n) is 1.79. The van der Waals surface area contributed by atoms with Crippen LogP contribution in [0.15, 0.2) is 28.7 Å². The van der Waals surface area contributed by atoms with Gasteiger partial charge in [0.05, 0.1) is 11.1 Å². The lowest BCUT2D eigenvalue weighted by Crippen LogP contribution is -2.25. The summed E-state index contributed by atoms with van der Waals surface area (Å²) in [6.45, 7) is 2.25. The molecule has 0 radical (unpaired) electrons. The number of carbonyl (C=O) groups excluding carboxylic acids is 1. The Morgan fingerprint density at radius 2 is 2.18 bits per heavy atom. The molecule has 2 aromatic rings. The van der Waals surface area contributed by atoms with Crippen molar-refractivity contribution in [3.8, 4) is 0 Å². The number of hydrogen-bond donors (Lipinski definition) is 1. The number of fused-ring (bicyclic) bond motifs is 1. The summed E-state index contributed by atoms with van der Waals surface area (Å²) < 4.78 is 2.63. The van der Waals surface area contributed by atoms with Gasteiger partial charge in [-0.25, -0.2) is 5.48 Å². The largest absolute Gasteiger partial charge is 0.339 e. The number of nitrogens with zero attached hydrogens (tertiary/aromatic N) is 1. The Hall–Kier alpha value is -1.33. The first-order valence-electron chi connectivity index (χ1n) is 5.31. The summed E-state index contributed by atoms with van der Waals surface area (Å²) in [6.07, 6.45) is 0. The Morgan fingerprint density at radius 1 is 1.47 bits per heavy atom. The molecular formula is C12H13BrN2O2. The maximum Gasteiger partial charge on any atom is 0.292 e. The Bertz CT molecular complexity index is 524. The number of hydroxylamine groups is 1. The predicted octanol–water partition coefficient (Wildman–Crippen LogP) is 2.62. The number of halogens is 1. The maximum atomic E-state index is 11.9. The molecule has 1 N–H and O–H groups in total. The second kappa shape index (κ2) is 4.89. The first-order chi connectivity index (χ1) is 8.16. The van der Waals surface area contributed by atoms with Gasteiger partial charge in [-0.05, 0) is 28.9 Å². The zero-order valence-electron chi connectivity index (χ0n) is 9.66. The van der Waals surface area contributed by atoms with Crippen LogP contribution in [0.3, 0.4) is 0 Å². The molecule has 1 aromatic heterocycles. The monoisotopic (exact) mass is 296 g/mol. The minimum absolute atomic E-state index is 0.252. The Kier molecular flexibility index (Phi) is 3.49. The van der Waals surface area contributed by atoms with Gasteiger partial charge in [0, 0.05) is 18.0 Å². The summed E-state index contributed by atoms with van der Waals surface area (Å²) in [5, 5.41) is 1.01. The average molecular weight is 297 g/mol. The van der Waals surface area contributed by atoms with Crippen LogP contribution in [0.5, 0.6) is 0 Å². The molecule has 1 amide bonds. The fourth-order valence-corrected chi connectivity index (χ4v) is 2.57. The van der Waals surface area contributed by atoms with E-state index < -0.39 is 0 Å². The summed E-state index contributed by atoms with van der Waals surface area (Å²) in [7, 11) is 1.86. The van der Waals surface area contributed by atoms with Crippen molar-refractivity contribution in [2.75, 3.05) is 6.61 Å². The minimum atomic E-state index is -0.252. The number of aromatic nitrogens is 1. The van der Waals surface area contributed by atoms with E-state index >= 15 is 0 Å². The smallest absolute Gasteiger partial charge is 0.292 e. The normalized spacial score (nSPS) is 10.8. The van der Waals surface area contributed by atoms with E-state index in [-0.39, 0.29) is 5.91 Å². The Morgan fingerprint density at radius 3 is 2.82 bits per heavy atom. The van der Waals surface area contributed by atoms with Crippen molar-refractivity contribution in [1.29, 1.82) is 0 Å². The third-order valence-corrected chi connectivity index (χ3v) is 3.37. The predicted molar refractivity (Wildman–Crippen MR) is 69.7 cm³/mol. The number of hydrogen-bond acceptors (Lipinski definition) is 2. The van der Waals surface area contributed by atoms with Crippen molar-refractivity contribution in [2.24, 2.45) is 7.05 Å². The molecule has 0 bridgehead atoms. The van der Waals surface area contributed by atoms with Crippen LogP contribution in [0.4, 0.5) is 0 Å². The van der Waals surface area contributed by atoms with Crippen molar-refractivity contribution in [3.63, 3.8) is 0 Å². The lowest BCUT2D eigenvalue weighted by Gasteiger charge is -2.05. The molecule has 0 atom stereocenters. The first-order valence-corrected chi connectivity index (χ1v) is 6.11. The molecule has 90 valence electrons. The molecule has 0 aliphatic carbocycles. The Balaban J connectivity index is 2.50. The van der Waals surface area contributed by atoms with Gasteiger partial charge in [-0.1, -0.05) is 18.2 Å². The third-order valence-electron chi connectivity index (χ3n) is 2.57. The fraction of sp³-hybridized carbons (Fsp3) is 0.250. The molecule has 0 fully saturated rings. The molecule has 0 aliphatic rings. The summed E-state index contributed by atoms with van der Waals surface area (Å²) in [5.41, 5.74) is 3.96. The van der Waals surface area contributed by atoms with E-state index in [2.05, 4.69) is 21.4 Å². The number of aryl methyl sites for hydroxylation is 1. The molecule has 0 spiro atoms. The number of benzene rings is 1. The summed E-state index contributed by atoms with van der Waals surface area (Å²) in [4.78, 5) is 16.8. The molecule has 0 saturated carbocycles. The molecule has 0 unspecified atom stereocenters. The van der Waals surface area contributed by atoms with Gasteiger partial charge in [-0.15, -0.1) is 0 Å². The van der Waals surface area contributed by atoms with Crippen LogP contribution in [0, 0.1) is 0 Å². The van der Waals surface area contributed by atoms with Crippen LogP contribution in [-0.4, -0.2) is 17.1 Å². The van der Waals surface area contributed by atoms with E-state index in [1.807, 2.05) is 42.8 Å². The van der Waals surface area contributed by atoms with Gasteiger partial charge in [0.15, 0.2) is 0 Å². The van der Waals surface area contributed by atoms with Gasteiger partial charge < -0.3 is 4.57 Å². The number of para-hydroxylation sites is 1. The van der Waals surface area contributed by atoms with Crippen LogP contribution in [0.2, 0.25) is 0 Å². The van der Waals surface area contributed by atoms with Crippen molar-refractivity contribution in [1.82, 2.24) is 10.0 Å². The standard InChI is InChI=1S/C12H13BrN2O2/c1-3-17-14-12(16)11-10(13)8-6-4-5-7-9(8)15(11)2/h4-7H,3H2,1-2H3,(H,14,16). The molecule has 1 aromatic carbocycles. The zero-order valence-corrected chi connectivity index (χ0v) is 11.2. The van der Waals surface area contributed by atoms with Crippen molar-refractivity contribution >= 4 is 32.7 Å². The van der Waals surface area contributed by atoms with Gasteiger partial charge in [-0.3, -0.25) is 9.63 Å². The van der Waals surface area contributed by atoms with Crippen LogP contribution in [0.1, 0.15) is 17.4 Å². The first kappa shape index (κ1) is 12.1. The highest BCUT2D eigenvalue weighted by Crippen LogP contribution is 2.29. The highest BCUT2D eigenvalue weighted by atomic mass is 79.9. The number of carbonyl (C=O) groups is 1. The highest BCUT2D eigenvalue weighted by Gasteiger charge is 2.18. The van der Waals surface area contributed by atoms with Gasteiger partial charge in [0.2, 0.25) is 0 Å². The van der Waals surface area contributed by atoms with Crippen molar-refractivity contribution in [2.45, 2.75) is 6.92 Å². The van der Waals surface area contributed by atoms with Gasteiger partial charge in [-0.2, -0.15) is 0 Å². The highest BCUT2D eigenvalue weighted by molar-refractivity contribution is 9.10. The van der Waals surface area contributed by atoms with E-state index in [1.54, 1.807) is 0 Å². The van der Waals surface area contributed by atoms with Crippen LogP contribution >= 0.6 is 15.9 Å². The maximum absolute atomic E-state index is 11.9. The van der Waals surface area contributed by atoms with Crippen LogP contribution in [0.25, 0.3) is 10.9 Å². The van der Waals surface area contributed by atoms with Gasteiger partial charge in [0.25, 0.3) is 5.91 Å². The average Bonchev–Trinajstić information content (AvgIpc) is 2.60. The second-order valence-electron chi connectivity index (χ2n) is 3.60. The molecule has 4 nitrogen and oxygen atoms in total. The molecule has 0 aliphatic heterocycles. The van der Waals surface area contributed by atoms with E-state index in [9.17, 15) is 4.79 Å². The molecule has 0 saturated heterocycles. The van der Waals surface area contributed by atoms with Gasteiger partial charge >= 0.3 is 0 Å². The molecule has 5 heteroatoms. The number of amides is 1. The summed E-state index contributed by atoms with van der Waals surface area (Å²) in [5.74, 6) is -0.252. The van der Waals surface area contributed by atoms with E-state index in [4.69, 9.17) is 4.84 Å². The number of nitrogens with one attached hydrogen (secondary N) is 1. The zero-order chi connectivity index (χ0) is 12.4. The summed E-state index contributed by atoms with van der Waals surface area (Å²) in [6, 6.07) is 7.82. The third kappa shape index (κ3) is 2.08. The van der Waals surface area contributed by atoms with Crippen LogP contribution in [-0.2, 0) is 11.9 Å².